The molecule has 0 fully saturated rings. The lowest BCUT2D eigenvalue weighted by molar-refractivity contribution is -0.119. The monoisotopic (exact) mass is 455 g/mol. The lowest BCUT2D eigenvalue weighted by Crippen LogP contribution is -2.34. The molecule has 0 bridgehead atoms. The molecule has 8 nitrogen and oxygen atoms in total. The summed E-state index contributed by atoms with van der Waals surface area (Å²) in [6.07, 6.45) is 1.33. The van der Waals surface area contributed by atoms with Crippen LogP contribution in [0, 0.1) is 5.82 Å². The molecular formula is C22H18FN3O5S. The van der Waals surface area contributed by atoms with Gasteiger partial charge in [0.05, 0.1) is 23.2 Å². The maximum atomic E-state index is 13.6. The number of rotatable bonds is 8. The molecule has 0 unspecified atom stereocenters. The third-order valence-corrected chi connectivity index (χ3v) is 5.48. The van der Waals surface area contributed by atoms with Crippen molar-refractivity contribution in [1.82, 2.24) is 10.1 Å². The zero-order valence-electron chi connectivity index (χ0n) is 16.6. The Kier molecular flexibility index (Phi) is 7.42. The summed E-state index contributed by atoms with van der Waals surface area (Å²) in [4.78, 5) is 23.9. The number of ether oxygens (including phenoxy) is 1. The number of nitrogens with zero attached hydrogens (tertiary/aromatic N) is 1. The molecule has 0 radical (unpaired) electrons. The smallest absolute Gasteiger partial charge is 0.346 e. The lowest BCUT2D eigenvalue weighted by atomic mass is 10.2. The predicted molar refractivity (Wildman–Crippen MR) is 115 cm³/mol. The molecule has 3 aromatic carbocycles. The number of sulfonamides is 1. The number of carbonyl (C=O) groups is 2. The van der Waals surface area contributed by atoms with Crippen LogP contribution >= 0.6 is 0 Å². The first kappa shape index (κ1) is 22.8. The van der Waals surface area contributed by atoms with E-state index >= 15 is 0 Å². The quantitative estimate of drug-likeness (QED) is 0.234. The van der Waals surface area contributed by atoms with Gasteiger partial charge in [-0.3, -0.25) is 4.79 Å². The number of hydrogen-bond acceptors (Lipinski definition) is 6. The highest BCUT2D eigenvalue weighted by atomic mass is 32.2. The standard InChI is InChI=1S/C22H18FN3O5S/c23-20-9-5-4-8-19(20)22(28)31-17-12-10-16(11-13-17)14-24-26-21(27)15-25-32(29,30)18-6-2-1-3-7-18/h1-14,25H,15H2,(H,26,27)/b24-14+. The number of esters is 1. The Morgan fingerprint density at radius 1 is 0.938 bits per heavy atom. The second-order valence-electron chi connectivity index (χ2n) is 6.37. The fourth-order valence-electron chi connectivity index (χ4n) is 2.47. The number of hydrogen-bond donors (Lipinski definition) is 2. The Bertz CT molecular complexity index is 1230. The molecule has 0 spiro atoms. The van der Waals surface area contributed by atoms with Gasteiger partial charge in [0.1, 0.15) is 11.6 Å². The van der Waals surface area contributed by atoms with Crippen LogP contribution in [0.4, 0.5) is 4.39 Å². The Labute approximate surface area is 183 Å². The Hall–Kier alpha value is -3.89. The van der Waals surface area contributed by atoms with Crippen molar-refractivity contribution < 1.29 is 27.1 Å². The van der Waals surface area contributed by atoms with E-state index in [1.807, 2.05) is 0 Å². The van der Waals surface area contributed by atoms with Crippen LogP contribution in [0.1, 0.15) is 15.9 Å². The minimum atomic E-state index is -3.80. The maximum Gasteiger partial charge on any atom is 0.346 e. The van der Waals surface area contributed by atoms with E-state index in [-0.39, 0.29) is 16.2 Å². The van der Waals surface area contributed by atoms with E-state index in [4.69, 9.17) is 4.74 Å². The zero-order chi connectivity index (χ0) is 23.0. The molecular weight excluding hydrogens is 437 g/mol. The van der Waals surface area contributed by atoms with Gasteiger partial charge in [-0.05, 0) is 54.1 Å². The predicted octanol–water partition coefficient (Wildman–Crippen LogP) is 2.47. The number of benzene rings is 3. The van der Waals surface area contributed by atoms with Gasteiger partial charge in [-0.25, -0.2) is 27.8 Å². The van der Waals surface area contributed by atoms with Crippen molar-refractivity contribution in [2.24, 2.45) is 5.10 Å². The summed E-state index contributed by atoms with van der Waals surface area (Å²) in [7, 11) is -3.80. The molecule has 0 heterocycles. The number of hydrazone groups is 1. The molecule has 32 heavy (non-hydrogen) atoms. The van der Waals surface area contributed by atoms with E-state index in [1.54, 1.807) is 30.3 Å². The van der Waals surface area contributed by atoms with E-state index in [1.165, 1.54) is 48.7 Å². The average molecular weight is 455 g/mol. The van der Waals surface area contributed by atoms with E-state index in [9.17, 15) is 22.4 Å². The van der Waals surface area contributed by atoms with E-state index in [0.717, 1.165) is 6.07 Å². The van der Waals surface area contributed by atoms with Crippen LogP contribution < -0.4 is 14.9 Å². The van der Waals surface area contributed by atoms with Crippen molar-refractivity contribution in [1.29, 1.82) is 0 Å². The van der Waals surface area contributed by atoms with Gasteiger partial charge in [-0.1, -0.05) is 30.3 Å². The van der Waals surface area contributed by atoms with Gasteiger partial charge in [0, 0.05) is 0 Å². The molecule has 0 saturated heterocycles. The molecule has 2 N–H and O–H groups in total. The van der Waals surface area contributed by atoms with Gasteiger partial charge < -0.3 is 4.74 Å². The summed E-state index contributed by atoms with van der Waals surface area (Å²) in [5.41, 5.74) is 2.60. The van der Waals surface area contributed by atoms with Gasteiger partial charge in [0.25, 0.3) is 5.91 Å². The molecule has 0 aliphatic carbocycles. The summed E-state index contributed by atoms with van der Waals surface area (Å²) < 4.78 is 45.1. The summed E-state index contributed by atoms with van der Waals surface area (Å²) >= 11 is 0. The molecule has 3 aromatic rings. The minimum absolute atomic E-state index is 0.0482. The molecule has 0 atom stereocenters. The second kappa shape index (κ2) is 10.4. The molecule has 10 heteroatoms. The van der Waals surface area contributed by atoms with Crippen LogP contribution in [-0.4, -0.2) is 33.1 Å². The van der Waals surface area contributed by atoms with Crippen molar-refractivity contribution in [2.45, 2.75) is 4.90 Å². The normalized spacial score (nSPS) is 11.3. The van der Waals surface area contributed by atoms with Crippen molar-refractivity contribution in [3.63, 3.8) is 0 Å². The summed E-state index contributed by atoms with van der Waals surface area (Å²) in [5.74, 6) is -1.95. The molecule has 164 valence electrons. The summed E-state index contributed by atoms with van der Waals surface area (Å²) in [5, 5.41) is 3.75. The third kappa shape index (κ3) is 6.30. The highest BCUT2D eigenvalue weighted by Gasteiger charge is 2.15. The molecule has 0 saturated carbocycles. The van der Waals surface area contributed by atoms with Gasteiger partial charge in [-0.2, -0.15) is 5.10 Å². The number of carbonyl (C=O) groups excluding carboxylic acids is 2. The second-order valence-corrected chi connectivity index (χ2v) is 8.14. The van der Waals surface area contributed by atoms with Crippen molar-refractivity contribution in [3.8, 4) is 5.75 Å². The minimum Gasteiger partial charge on any atom is -0.423 e. The highest BCUT2D eigenvalue weighted by Crippen LogP contribution is 2.15. The maximum absolute atomic E-state index is 13.6. The van der Waals surface area contributed by atoms with Crippen LogP contribution in [0.25, 0.3) is 0 Å². The van der Waals surface area contributed by atoms with E-state index < -0.39 is 34.3 Å². The fourth-order valence-corrected chi connectivity index (χ4v) is 3.48. The zero-order valence-corrected chi connectivity index (χ0v) is 17.4. The number of amides is 1. The molecule has 0 aromatic heterocycles. The lowest BCUT2D eigenvalue weighted by Gasteiger charge is -2.06. The van der Waals surface area contributed by atoms with Gasteiger partial charge in [-0.15, -0.1) is 0 Å². The van der Waals surface area contributed by atoms with Crippen molar-refractivity contribution in [3.05, 3.63) is 95.8 Å². The first-order valence-corrected chi connectivity index (χ1v) is 10.8. The Balaban J connectivity index is 1.49. The van der Waals surface area contributed by atoms with Crippen molar-refractivity contribution >= 4 is 28.1 Å². The van der Waals surface area contributed by atoms with E-state index in [2.05, 4.69) is 15.2 Å². The molecule has 0 aliphatic heterocycles. The Morgan fingerprint density at radius 3 is 2.28 bits per heavy atom. The SMILES string of the molecule is O=C(CNS(=O)(=O)c1ccccc1)N/N=C/c1ccc(OC(=O)c2ccccc2F)cc1. The first-order chi connectivity index (χ1) is 15.3. The highest BCUT2D eigenvalue weighted by molar-refractivity contribution is 7.89. The molecule has 3 rings (SSSR count). The summed E-state index contributed by atoms with van der Waals surface area (Å²) in [6, 6.07) is 19.2. The number of nitrogens with one attached hydrogen (secondary N) is 2. The largest absolute Gasteiger partial charge is 0.423 e. The fraction of sp³-hybridized carbons (Fsp3) is 0.0455. The number of halogens is 1. The van der Waals surface area contributed by atoms with Crippen LogP contribution in [0.15, 0.2) is 88.9 Å². The Morgan fingerprint density at radius 2 is 1.59 bits per heavy atom. The van der Waals surface area contributed by atoms with Crippen LogP contribution in [-0.2, 0) is 14.8 Å². The first-order valence-electron chi connectivity index (χ1n) is 9.28. The van der Waals surface area contributed by atoms with Crippen molar-refractivity contribution in [2.75, 3.05) is 6.54 Å². The van der Waals surface area contributed by atoms with Crippen LogP contribution in [0.3, 0.4) is 0 Å². The topological polar surface area (TPSA) is 114 Å². The molecule has 1 amide bonds. The third-order valence-electron chi connectivity index (χ3n) is 4.06. The van der Waals surface area contributed by atoms with Gasteiger partial charge >= 0.3 is 5.97 Å². The molecule has 0 aliphatic rings. The van der Waals surface area contributed by atoms with Crippen LogP contribution in [0.5, 0.6) is 5.75 Å². The van der Waals surface area contributed by atoms with Crippen LogP contribution in [0.2, 0.25) is 0 Å². The van der Waals surface area contributed by atoms with E-state index in [0.29, 0.717) is 5.56 Å². The average Bonchev–Trinajstić information content (AvgIpc) is 2.80. The summed E-state index contributed by atoms with van der Waals surface area (Å²) in [6.45, 7) is -0.487. The van der Waals surface area contributed by atoms with Gasteiger partial charge in [0.15, 0.2) is 0 Å². The van der Waals surface area contributed by atoms with Gasteiger partial charge in [0.2, 0.25) is 10.0 Å².